The lowest BCUT2D eigenvalue weighted by atomic mass is 9.93. The highest BCUT2D eigenvalue weighted by Crippen LogP contribution is 2.38. The minimum atomic E-state index is -2.30. The van der Waals surface area contributed by atoms with Gasteiger partial charge in [-0.1, -0.05) is 44.2 Å². The van der Waals surface area contributed by atoms with Crippen LogP contribution in [-0.4, -0.2) is 45.0 Å². The van der Waals surface area contributed by atoms with Crippen molar-refractivity contribution >= 4 is 14.0 Å². The Hall–Kier alpha value is -3.06. The highest BCUT2D eigenvalue weighted by molar-refractivity contribution is 7.40. The second-order valence-electron chi connectivity index (χ2n) is 8.53. The number of aliphatic carboxylic acids is 1. The molecule has 0 radical (unpaired) electrons. The molecule has 0 bridgehead atoms. The van der Waals surface area contributed by atoms with E-state index in [1.807, 2.05) is 44.2 Å². The summed E-state index contributed by atoms with van der Waals surface area (Å²) < 4.78 is 31.2. The van der Waals surface area contributed by atoms with Gasteiger partial charge in [-0.05, 0) is 41.2 Å². The van der Waals surface area contributed by atoms with Gasteiger partial charge in [-0.2, -0.15) is 0 Å². The lowest BCUT2D eigenvalue weighted by molar-refractivity contribution is -0.139. The first-order chi connectivity index (χ1) is 16.7. The van der Waals surface area contributed by atoms with Crippen molar-refractivity contribution in [2.45, 2.75) is 50.8 Å². The van der Waals surface area contributed by atoms with E-state index in [4.69, 9.17) is 19.6 Å². The number of aliphatic hydroxyl groups excluding tert-OH is 1. The molecule has 3 rings (SSSR count). The van der Waals surface area contributed by atoms with Gasteiger partial charge in [-0.15, -0.1) is 4.52 Å². The predicted octanol–water partition coefficient (Wildman–Crippen LogP) is 5.60. The average Bonchev–Trinajstić information content (AvgIpc) is 2.84. The molecule has 35 heavy (non-hydrogen) atoms. The molecule has 9 heteroatoms. The molecule has 0 saturated heterocycles. The summed E-state index contributed by atoms with van der Waals surface area (Å²) in [5.41, 5.74) is 2.81. The molecule has 2 N–H and O–H groups in total. The second kappa shape index (κ2) is 12.1. The van der Waals surface area contributed by atoms with Crippen LogP contribution in [0.5, 0.6) is 0 Å². The molecule has 3 unspecified atom stereocenters. The number of hydrogen-bond donors (Lipinski definition) is 2. The Labute approximate surface area is 204 Å². The molecule has 0 aliphatic heterocycles. The second-order valence-corrected chi connectivity index (χ2v) is 10.1. The van der Waals surface area contributed by atoms with Crippen molar-refractivity contribution in [1.82, 2.24) is 9.97 Å². The predicted molar refractivity (Wildman–Crippen MR) is 132 cm³/mol. The van der Waals surface area contributed by atoms with Crippen molar-refractivity contribution in [3.63, 3.8) is 0 Å². The van der Waals surface area contributed by atoms with Gasteiger partial charge in [0.1, 0.15) is 11.9 Å². The molecule has 0 aliphatic rings. The van der Waals surface area contributed by atoms with Crippen molar-refractivity contribution in [3.8, 4) is 22.6 Å². The van der Waals surface area contributed by atoms with Crippen molar-refractivity contribution in [2.24, 2.45) is 0 Å². The Morgan fingerprint density at radius 1 is 1.06 bits per heavy atom. The molecule has 0 fully saturated rings. The van der Waals surface area contributed by atoms with Crippen LogP contribution in [0.4, 0.5) is 4.39 Å². The normalized spacial score (nSPS) is 13.5. The summed E-state index contributed by atoms with van der Waals surface area (Å²) in [6.45, 7) is 4.00. The van der Waals surface area contributed by atoms with E-state index in [1.165, 1.54) is 19.2 Å². The Bertz CT molecular complexity index is 1170. The Morgan fingerprint density at radius 2 is 1.71 bits per heavy atom. The molecule has 184 valence electrons. The zero-order chi connectivity index (χ0) is 25.5. The van der Waals surface area contributed by atoms with E-state index in [9.17, 15) is 18.9 Å². The monoisotopic (exact) mass is 499 g/mol. The van der Waals surface area contributed by atoms with Crippen LogP contribution in [0.1, 0.15) is 43.9 Å². The lowest BCUT2D eigenvalue weighted by Gasteiger charge is -2.19. The van der Waals surface area contributed by atoms with Crippen molar-refractivity contribution in [1.29, 1.82) is 0 Å². The molecule has 0 spiro atoms. The summed E-state index contributed by atoms with van der Waals surface area (Å²) in [5.74, 6) is -1.02. The smallest absolute Gasteiger partial charge is 0.481 e. The van der Waals surface area contributed by atoms with Crippen molar-refractivity contribution in [3.05, 3.63) is 71.7 Å². The van der Waals surface area contributed by atoms with Crippen LogP contribution in [0.3, 0.4) is 0 Å². The summed E-state index contributed by atoms with van der Waals surface area (Å²) in [7, 11) is -1.03. The molecular formula is C26H29FN2O5P+. The molecule has 3 aromatic rings. The quantitative estimate of drug-likeness (QED) is 0.331. The first-order valence-electron chi connectivity index (χ1n) is 11.3. The Morgan fingerprint density at radius 3 is 2.29 bits per heavy atom. The number of carboxylic acids is 1. The van der Waals surface area contributed by atoms with Gasteiger partial charge < -0.3 is 10.2 Å². The van der Waals surface area contributed by atoms with E-state index in [1.54, 1.807) is 12.1 Å². The van der Waals surface area contributed by atoms with Crippen LogP contribution < -0.4 is 0 Å². The topological polar surface area (TPSA) is 110 Å². The van der Waals surface area contributed by atoms with Gasteiger partial charge in [0.2, 0.25) is 5.66 Å². The van der Waals surface area contributed by atoms with Gasteiger partial charge >= 0.3 is 14.0 Å². The standard InChI is InChI=1S/C26H28FN2O5P/c1-16(2)24-20(13-14-22(35(33)34-3)21(30)15-23(31)32)25(17-9-11-19(27)12-10-17)29-26(28-24)18-7-5-4-6-8-18/h4-12,16,21-22,30H,13-15H2,1-3H3/p+1. The Balaban J connectivity index is 2.11. The molecule has 7 nitrogen and oxygen atoms in total. The maximum Gasteiger partial charge on any atom is 0.513 e. The number of benzene rings is 2. The first kappa shape index (κ1) is 26.5. The van der Waals surface area contributed by atoms with E-state index >= 15 is 0 Å². The van der Waals surface area contributed by atoms with Gasteiger partial charge in [0.25, 0.3) is 0 Å². The zero-order valence-electron chi connectivity index (χ0n) is 19.9. The number of nitrogens with zero attached hydrogens (tertiary/aromatic N) is 2. The number of carboxylic acid groups (broad SMARTS) is 1. The summed E-state index contributed by atoms with van der Waals surface area (Å²) >= 11 is 0. The fraction of sp³-hybridized carbons (Fsp3) is 0.346. The van der Waals surface area contributed by atoms with Crippen LogP contribution >= 0.6 is 8.03 Å². The minimum Gasteiger partial charge on any atom is -0.481 e. The Kier molecular flexibility index (Phi) is 9.15. The number of rotatable bonds is 11. The third-order valence-corrected chi connectivity index (χ3v) is 7.21. The highest BCUT2D eigenvalue weighted by Gasteiger charge is 2.39. The number of aliphatic hydroxyl groups is 1. The van der Waals surface area contributed by atoms with Crippen LogP contribution in [0.15, 0.2) is 54.6 Å². The van der Waals surface area contributed by atoms with Gasteiger partial charge in [0.05, 0.1) is 24.9 Å². The number of halogens is 1. The molecule has 2 aromatic carbocycles. The van der Waals surface area contributed by atoms with Gasteiger partial charge in [-0.3, -0.25) is 4.79 Å². The SMILES string of the molecule is CO[P+](=O)C(CCc1c(-c2ccc(F)cc2)nc(-c2ccccc2)nc1C(C)C)C(O)CC(=O)O. The van der Waals surface area contributed by atoms with E-state index in [0.717, 1.165) is 16.8 Å². The molecule has 0 saturated carbocycles. The van der Waals surface area contributed by atoms with Crippen LogP contribution in [-0.2, 0) is 20.3 Å². The number of carbonyl (C=O) groups is 1. The zero-order valence-corrected chi connectivity index (χ0v) is 20.8. The number of hydrogen-bond acceptors (Lipinski definition) is 6. The summed E-state index contributed by atoms with van der Waals surface area (Å²) in [5, 5.41) is 19.5. The van der Waals surface area contributed by atoms with E-state index in [2.05, 4.69) is 0 Å². The van der Waals surface area contributed by atoms with Crippen LogP contribution in [0, 0.1) is 5.82 Å². The van der Waals surface area contributed by atoms with E-state index < -0.39 is 32.2 Å². The first-order valence-corrected chi connectivity index (χ1v) is 12.6. The van der Waals surface area contributed by atoms with Crippen LogP contribution in [0.25, 0.3) is 22.6 Å². The van der Waals surface area contributed by atoms with E-state index in [-0.39, 0.29) is 18.2 Å². The highest BCUT2D eigenvalue weighted by atomic mass is 31.1. The third kappa shape index (κ3) is 6.75. The van der Waals surface area contributed by atoms with Gasteiger partial charge in [0, 0.05) is 23.1 Å². The van der Waals surface area contributed by atoms with Crippen molar-refractivity contribution < 1.29 is 28.5 Å². The summed E-state index contributed by atoms with van der Waals surface area (Å²) in [6.07, 6.45) is -1.36. The maximum atomic E-state index is 13.7. The summed E-state index contributed by atoms with van der Waals surface area (Å²) in [6, 6.07) is 15.5. The molecule has 0 aliphatic carbocycles. The fourth-order valence-electron chi connectivity index (χ4n) is 3.97. The molecule has 1 aromatic heterocycles. The molecule has 3 atom stereocenters. The lowest BCUT2D eigenvalue weighted by Crippen LogP contribution is -2.27. The third-order valence-electron chi connectivity index (χ3n) is 5.70. The van der Waals surface area contributed by atoms with E-state index in [0.29, 0.717) is 23.5 Å². The molecule has 1 heterocycles. The average molecular weight is 499 g/mol. The summed E-state index contributed by atoms with van der Waals surface area (Å²) in [4.78, 5) is 20.8. The van der Waals surface area contributed by atoms with Gasteiger partial charge in [-0.25, -0.2) is 14.4 Å². The minimum absolute atomic E-state index is 0.00763. The van der Waals surface area contributed by atoms with Gasteiger partial charge in [0.15, 0.2) is 5.82 Å². The van der Waals surface area contributed by atoms with Crippen molar-refractivity contribution in [2.75, 3.05) is 7.11 Å². The number of aromatic nitrogens is 2. The molecule has 0 amide bonds. The maximum absolute atomic E-state index is 13.7. The largest absolute Gasteiger partial charge is 0.513 e. The van der Waals surface area contributed by atoms with Crippen LogP contribution in [0.2, 0.25) is 0 Å². The fourth-order valence-corrected chi connectivity index (χ4v) is 4.97. The molecular weight excluding hydrogens is 470 g/mol.